The molecular weight excluding hydrogens is 712 g/mol. The lowest BCUT2D eigenvalue weighted by Crippen LogP contribution is -2.65. The molecule has 2 aliphatic heterocycles. The molecule has 16 heteroatoms. The number of carbonyl (C=O) groups is 5. The molecule has 5 amide bonds. The second-order valence-corrected chi connectivity index (χ2v) is 16.7. The zero-order chi connectivity index (χ0) is 38.2. The molecule has 3 aliphatic rings. The van der Waals surface area contributed by atoms with Gasteiger partial charge in [0.2, 0.25) is 11.8 Å². The molecule has 0 spiro atoms. The number of amides is 5. The van der Waals surface area contributed by atoms with E-state index in [0.29, 0.717) is 23.7 Å². The molecule has 0 bridgehead atoms. The average molecular weight is 757 g/mol. The number of hydrogen-bond donors (Lipinski definition) is 4. The summed E-state index contributed by atoms with van der Waals surface area (Å²) in [4.78, 5) is 71.1. The standard InChI is InChI=1S/C36H45ClN6O8S/c1-7-24-19-36(24,33(47)41-52(49,50)27-10-8-9-22-15-16-38-29(22)27)40-30(44)26-20-42(17-18-43(26)31(45)23-11-13-25(37)14-12-23)32(46)28(21(2)3)39-34(48)51-35(4,5)6/h7-14,21,24,26,28,38H,1,15-20H2,2-6H3,(H,39,48)(H,40,44)(H,41,47)/t24-,26+,28+,36-/m1/s1. The third-order valence-corrected chi connectivity index (χ3v) is 11.0. The molecule has 2 aromatic rings. The van der Waals surface area contributed by atoms with Crippen LogP contribution in [0.5, 0.6) is 0 Å². The third kappa shape index (κ3) is 8.20. The van der Waals surface area contributed by atoms with E-state index in [1.165, 1.54) is 46.2 Å². The fourth-order valence-electron chi connectivity index (χ4n) is 6.49. The van der Waals surface area contributed by atoms with Gasteiger partial charge in [0, 0.05) is 36.1 Å². The fraction of sp³-hybridized carbons (Fsp3) is 0.472. The number of para-hydroxylation sites is 1. The molecule has 0 aromatic heterocycles. The van der Waals surface area contributed by atoms with Gasteiger partial charge < -0.3 is 30.5 Å². The van der Waals surface area contributed by atoms with E-state index in [4.69, 9.17) is 16.3 Å². The Morgan fingerprint density at radius 3 is 2.38 bits per heavy atom. The number of anilines is 1. The van der Waals surface area contributed by atoms with Gasteiger partial charge in [-0.3, -0.25) is 19.2 Å². The van der Waals surface area contributed by atoms with E-state index in [1.807, 2.05) is 0 Å². The summed E-state index contributed by atoms with van der Waals surface area (Å²) in [6.45, 7) is 12.6. The zero-order valence-electron chi connectivity index (χ0n) is 29.8. The lowest BCUT2D eigenvalue weighted by Gasteiger charge is -2.42. The number of sulfonamides is 1. The van der Waals surface area contributed by atoms with Crippen LogP contribution in [0.2, 0.25) is 5.02 Å². The van der Waals surface area contributed by atoms with Crippen molar-refractivity contribution in [3.05, 3.63) is 71.3 Å². The highest BCUT2D eigenvalue weighted by Crippen LogP contribution is 2.45. The molecule has 280 valence electrons. The Balaban J connectivity index is 1.41. The zero-order valence-corrected chi connectivity index (χ0v) is 31.4. The molecule has 2 fully saturated rings. The van der Waals surface area contributed by atoms with Crippen molar-refractivity contribution in [3.63, 3.8) is 0 Å². The highest BCUT2D eigenvalue weighted by atomic mass is 35.5. The number of carbonyl (C=O) groups excluding carboxylic acids is 5. The molecule has 1 saturated heterocycles. The summed E-state index contributed by atoms with van der Waals surface area (Å²) in [5.41, 5.74) is -1.03. The van der Waals surface area contributed by atoms with Crippen LogP contribution >= 0.6 is 11.6 Å². The number of alkyl carbamates (subject to hydrolysis) is 1. The first-order valence-electron chi connectivity index (χ1n) is 17.1. The van der Waals surface area contributed by atoms with E-state index >= 15 is 0 Å². The van der Waals surface area contributed by atoms with Gasteiger partial charge in [0.15, 0.2) is 0 Å². The van der Waals surface area contributed by atoms with Gasteiger partial charge in [0.05, 0.1) is 12.2 Å². The minimum absolute atomic E-state index is 0.0374. The van der Waals surface area contributed by atoms with Crippen LogP contribution < -0.4 is 20.7 Å². The Hall–Kier alpha value is -4.63. The Kier molecular flexibility index (Phi) is 11.0. The number of nitrogens with zero attached hydrogens (tertiary/aromatic N) is 2. The van der Waals surface area contributed by atoms with Crippen molar-refractivity contribution in [2.24, 2.45) is 11.8 Å². The van der Waals surface area contributed by atoms with Gasteiger partial charge in [0.25, 0.3) is 21.8 Å². The molecule has 0 radical (unpaired) electrons. The molecule has 5 rings (SSSR count). The molecule has 4 atom stereocenters. The SMILES string of the molecule is C=C[C@@H]1C[C@]1(NC(=O)[C@@H]1CN(C(=O)[C@@H](NC(=O)OC(C)(C)C)C(C)C)CCN1C(=O)c1ccc(Cl)cc1)C(=O)NS(=O)(=O)c1cccc2c1NCC2. The molecule has 2 heterocycles. The monoisotopic (exact) mass is 756 g/mol. The van der Waals surface area contributed by atoms with Gasteiger partial charge in [-0.15, -0.1) is 6.58 Å². The lowest BCUT2D eigenvalue weighted by molar-refractivity contribution is -0.141. The second kappa shape index (κ2) is 14.8. The number of fused-ring (bicyclic) bond motifs is 1. The molecule has 1 saturated carbocycles. The van der Waals surface area contributed by atoms with E-state index in [-0.39, 0.29) is 42.4 Å². The minimum atomic E-state index is -4.36. The topological polar surface area (TPSA) is 183 Å². The average Bonchev–Trinajstić information content (AvgIpc) is 3.58. The van der Waals surface area contributed by atoms with Crippen LogP contribution in [0.4, 0.5) is 10.5 Å². The van der Waals surface area contributed by atoms with Crippen LogP contribution in [0.3, 0.4) is 0 Å². The maximum atomic E-state index is 14.3. The summed E-state index contributed by atoms with van der Waals surface area (Å²) in [6, 6.07) is 8.59. The summed E-state index contributed by atoms with van der Waals surface area (Å²) >= 11 is 6.05. The normalized spacial score (nSPS) is 21.7. The highest BCUT2D eigenvalue weighted by Gasteiger charge is 2.61. The summed E-state index contributed by atoms with van der Waals surface area (Å²) in [5, 5.41) is 8.83. The quantitative estimate of drug-likeness (QED) is 0.265. The van der Waals surface area contributed by atoms with Crippen LogP contribution in [0.1, 0.15) is 57.0 Å². The van der Waals surface area contributed by atoms with Crippen LogP contribution in [-0.2, 0) is 35.6 Å². The Bertz CT molecular complexity index is 1880. The molecule has 14 nitrogen and oxygen atoms in total. The van der Waals surface area contributed by atoms with Gasteiger partial charge in [-0.2, -0.15) is 0 Å². The Labute approximate surface area is 308 Å². The van der Waals surface area contributed by atoms with Crippen LogP contribution in [-0.4, -0.2) is 97.3 Å². The first-order valence-corrected chi connectivity index (χ1v) is 19.0. The van der Waals surface area contributed by atoms with E-state index in [0.717, 1.165) is 5.56 Å². The second-order valence-electron chi connectivity index (χ2n) is 14.6. The summed E-state index contributed by atoms with van der Waals surface area (Å²) in [7, 11) is -4.36. The fourth-order valence-corrected chi connectivity index (χ4v) is 7.88. The summed E-state index contributed by atoms with van der Waals surface area (Å²) < 4.78 is 34.6. The van der Waals surface area contributed by atoms with Crippen molar-refractivity contribution in [1.29, 1.82) is 0 Å². The molecule has 0 unspecified atom stereocenters. The van der Waals surface area contributed by atoms with Gasteiger partial charge in [-0.1, -0.05) is 43.7 Å². The van der Waals surface area contributed by atoms with Gasteiger partial charge in [0.1, 0.15) is 28.1 Å². The van der Waals surface area contributed by atoms with E-state index in [9.17, 15) is 32.4 Å². The maximum Gasteiger partial charge on any atom is 0.408 e. The van der Waals surface area contributed by atoms with Gasteiger partial charge in [-0.05, 0) is 75.4 Å². The molecule has 1 aliphatic carbocycles. The predicted molar refractivity (Wildman–Crippen MR) is 194 cm³/mol. The highest BCUT2D eigenvalue weighted by molar-refractivity contribution is 7.90. The number of piperazine rings is 1. The first-order chi connectivity index (χ1) is 24.4. The van der Waals surface area contributed by atoms with Crippen molar-refractivity contribution < 1.29 is 37.1 Å². The number of rotatable bonds is 10. The number of halogens is 1. The van der Waals surface area contributed by atoms with Gasteiger partial charge in [-0.25, -0.2) is 17.9 Å². The Morgan fingerprint density at radius 2 is 1.77 bits per heavy atom. The third-order valence-electron chi connectivity index (χ3n) is 9.33. The van der Waals surface area contributed by atoms with Crippen molar-refractivity contribution in [1.82, 2.24) is 25.2 Å². The minimum Gasteiger partial charge on any atom is -0.444 e. The van der Waals surface area contributed by atoms with Crippen LogP contribution in [0.15, 0.2) is 60.0 Å². The van der Waals surface area contributed by atoms with Crippen LogP contribution in [0, 0.1) is 11.8 Å². The number of hydrogen-bond acceptors (Lipinski definition) is 9. The smallest absolute Gasteiger partial charge is 0.408 e. The largest absolute Gasteiger partial charge is 0.444 e. The van der Waals surface area contributed by atoms with E-state index < -0.39 is 68.9 Å². The van der Waals surface area contributed by atoms with Gasteiger partial charge >= 0.3 is 6.09 Å². The van der Waals surface area contributed by atoms with Crippen molar-refractivity contribution in [3.8, 4) is 0 Å². The maximum absolute atomic E-state index is 14.3. The lowest BCUT2D eigenvalue weighted by atomic mass is 10.0. The molecule has 52 heavy (non-hydrogen) atoms. The number of benzene rings is 2. The summed E-state index contributed by atoms with van der Waals surface area (Å²) in [6.07, 6.45) is 1.36. The van der Waals surface area contributed by atoms with Crippen LogP contribution in [0.25, 0.3) is 0 Å². The predicted octanol–water partition coefficient (Wildman–Crippen LogP) is 3.08. The van der Waals surface area contributed by atoms with E-state index in [1.54, 1.807) is 46.8 Å². The molecular formula is C36H45ClN6O8S. The van der Waals surface area contributed by atoms with Crippen molar-refractivity contribution >= 4 is 57.0 Å². The number of nitrogens with one attached hydrogen (secondary N) is 4. The van der Waals surface area contributed by atoms with Crippen molar-refractivity contribution in [2.45, 2.75) is 75.6 Å². The first kappa shape index (κ1) is 38.6. The van der Waals surface area contributed by atoms with E-state index in [2.05, 4.69) is 27.3 Å². The summed E-state index contributed by atoms with van der Waals surface area (Å²) in [5.74, 6) is -3.72. The molecule has 4 N–H and O–H groups in total. The van der Waals surface area contributed by atoms with Crippen molar-refractivity contribution in [2.75, 3.05) is 31.5 Å². The Morgan fingerprint density at radius 1 is 1.08 bits per heavy atom. The number of ether oxygens (including phenoxy) is 1. The molecule has 2 aromatic carbocycles.